The normalized spacial score (nSPS) is 10.4. The molecule has 0 aromatic heterocycles. The summed E-state index contributed by atoms with van der Waals surface area (Å²) in [6.07, 6.45) is 2.07. The molecule has 0 N–H and O–H groups in total. The molecule has 0 atom stereocenters. The third-order valence-electron chi connectivity index (χ3n) is 3.05. The number of thioether (sulfide) groups is 1. The van der Waals surface area contributed by atoms with Gasteiger partial charge in [-0.15, -0.1) is 0 Å². The maximum absolute atomic E-state index is 12.0. The summed E-state index contributed by atoms with van der Waals surface area (Å²) in [7, 11) is 0. The quantitative estimate of drug-likeness (QED) is 0.744. The fraction of sp³-hybridized carbons (Fsp3) is 0.235. The van der Waals surface area contributed by atoms with Crippen LogP contribution in [0.4, 0.5) is 0 Å². The van der Waals surface area contributed by atoms with E-state index in [1.165, 1.54) is 17.3 Å². The van der Waals surface area contributed by atoms with Gasteiger partial charge in [0.1, 0.15) is 0 Å². The van der Waals surface area contributed by atoms with Crippen LogP contribution in [-0.4, -0.2) is 10.9 Å². The highest BCUT2D eigenvalue weighted by Crippen LogP contribution is 2.17. The van der Waals surface area contributed by atoms with E-state index in [0.717, 1.165) is 29.7 Å². The lowest BCUT2D eigenvalue weighted by molar-refractivity contribution is 0.108. The number of carbonyl (C=O) groups excluding carboxylic acids is 1. The molecule has 0 fully saturated rings. The largest absolute Gasteiger partial charge is 0.282 e. The maximum atomic E-state index is 12.0. The highest BCUT2D eigenvalue weighted by Gasteiger charge is 2.08. The van der Waals surface area contributed by atoms with Crippen LogP contribution in [0.15, 0.2) is 54.6 Å². The minimum Gasteiger partial charge on any atom is -0.282 e. The second kappa shape index (κ2) is 7.15. The van der Waals surface area contributed by atoms with Gasteiger partial charge >= 0.3 is 0 Å². The average molecular weight is 270 g/mol. The van der Waals surface area contributed by atoms with Crippen LogP contribution in [0.25, 0.3) is 0 Å². The topological polar surface area (TPSA) is 17.1 Å². The van der Waals surface area contributed by atoms with Gasteiger partial charge in [0.2, 0.25) is 5.12 Å². The van der Waals surface area contributed by atoms with Gasteiger partial charge in [0.25, 0.3) is 0 Å². The summed E-state index contributed by atoms with van der Waals surface area (Å²) in [6.45, 7) is 1.98. The highest BCUT2D eigenvalue weighted by atomic mass is 32.2. The van der Waals surface area contributed by atoms with Crippen molar-refractivity contribution in [2.75, 3.05) is 5.75 Å². The van der Waals surface area contributed by atoms with Crippen LogP contribution in [0.3, 0.4) is 0 Å². The molecule has 2 heteroatoms. The van der Waals surface area contributed by atoms with Gasteiger partial charge in [-0.1, -0.05) is 66.4 Å². The monoisotopic (exact) mass is 270 g/mol. The average Bonchev–Trinajstić information content (AvgIpc) is 2.45. The molecule has 0 saturated carbocycles. The fourth-order valence-corrected chi connectivity index (χ4v) is 2.82. The fourth-order valence-electron chi connectivity index (χ4n) is 1.97. The Morgan fingerprint density at radius 3 is 2.42 bits per heavy atom. The highest BCUT2D eigenvalue weighted by molar-refractivity contribution is 8.14. The Balaban J connectivity index is 1.77. The van der Waals surface area contributed by atoms with E-state index in [0.29, 0.717) is 0 Å². The van der Waals surface area contributed by atoms with E-state index in [1.54, 1.807) is 0 Å². The number of benzene rings is 2. The molecule has 0 spiro atoms. The smallest absolute Gasteiger partial charge is 0.219 e. The third kappa shape index (κ3) is 4.25. The molecule has 0 radical (unpaired) electrons. The van der Waals surface area contributed by atoms with E-state index < -0.39 is 0 Å². The van der Waals surface area contributed by atoms with Gasteiger partial charge in [0, 0.05) is 11.3 Å². The molecule has 2 rings (SSSR count). The molecule has 0 aliphatic heterocycles. The summed E-state index contributed by atoms with van der Waals surface area (Å²) >= 11 is 1.42. The van der Waals surface area contributed by atoms with Crippen molar-refractivity contribution in [1.82, 2.24) is 0 Å². The van der Waals surface area contributed by atoms with Crippen LogP contribution in [0, 0.1) is 6.92 Å². The van der Waals surface area contributed by atoms with Crippen LogP contribution in [0.5, 0.6) is 0 Å². The van der Waals surface area contributed by atoms with Crippen molar-refractivity contribution in [1.29, 1.82) is 0 Å². The van der Waals surface area contributed by atoms with Crippen LogP contribution in [-0.2, 0) is 6.42 Å². The molecule has 19 heavy (non-hydrogen) atoms. The molecule has 0 heterocycles. The Bertz CT molecular complexity index is 534. The molecule has 0 amide bonds. The zero-order valence-electron chi connectivity index (χ0n) is 11.1. The predicted octanol–water partition coefficient (Wildman–Crippen LogP) is 4.50. The lowest BCUT2D eigenvalue weighted by atomic mass is 10.1. The second-order valence-electron chi connectivity index (χ2n) is 4.54. The predicted molar refractivity (Wildman–Crippen MR) is 82.7 cm³/mol. The van der Waals surface area contributed by atoms with Crippen molar-refractivity contribution >= 4 is 16.9 Å². The van der Waals surface area contributed by atoms with Crippen LogP contribution in [0.2, 0.25) is 0 Å². The standard InChI is InChI=1S/C17H18OS/c1-14-8-5-6-12-16(14)17(18)19-13-7-11-15-9-3-2-4-10-15/h2-6,8-10,12H,7,11,13H2,1H3. The van der Waals surface area contributed by atoms with Crippen molar-refractivity contribution in [3.8, 4) is 0 Å². The molecule has 98 valence electrons. The molecule has 1 nitrogen and oxygen atoms in total. The molecule has 0 saturated heterocycles. The Labute approximate surface area is 119 Å². The molecular weight excluding hydrogens is 252 g/mol. The molecule has 0 bridgehead atoms. The molecular formula is C17H18OS. The zero-order valence-corrected chi connectivity index (χ0v) is 12.0. The van der Waals surface area contributed by atoms with Crippen molar-refractivity contribution in [2.24, 2.45) is 0 Å². The number of carbonyl (C=O) groups is 1. The van der Waals surface area contributed by atoms with E-state index in [-0.39, 0.29) is 5.12 Å². The van der Waals surface area contributed by atoms with E-state index in [9.17, 15) is 4.79 Å². The van der Waals surface area contributed by atoms with Gasteiger partial charge in [-0.25, -0.2) is 0 Å². The molecule has 2 aromatic rings. The van der Waals surface area contributed by atoms with Crippen molar-refractivity contribution in [2.45, 2.75) is 19.8 Å². The van der Waals surface area contributed by atoms with Crippen LogP contribution in [0.1, 0.15) is 27.9 Å². The summed E-state index contributed by atoms with van der Waals surface area (Å²) in [5.41, 5.74) is 3.24. The second-order valence-corrected chi connectivity index (χ2v) is 5.61. The Hall–Kier alpha value is -1.54. The summed E-state index contributed by atoms with van der Waals surface area (Å²) < 4.78 is 0. The van der Waals surface area contributed by atoms with Gasteiger partial charge in [0.15, 0.2) is 0 Å². The van der Waals surface area contributed by atoms with E-state index in [4.69, 9.17) is 0 Å². The number of rotatable bonds is 5. The lowest BCUT2D eigenvalue weighted by Gasteiger charge is -2.04. The lowest BCUT2D eigenvalue weighted by Crippen LogP contribution is -1.98. The number of aryl methyl sites for hydroxylation is 2. The minimum atomic E-state index is 0.186. The van der Waals surface area contributed by atoms with Gasteiger partial charge in [-0.3, -0.25) is 4.79 Å². The molecule has 0 aliphatic carbocycles. The van der Waals surface area contributed by atoms with Gasteiger partial charge < -0.3 is 0 Å². The van der Waals surface area contributed by atoms with E-state index in [1.807, 2.05) is 37.3 Å². The number of hydrogen-bond acceptors (Lipinski definition) is 2. The zero-order chi connectivity index (χ0) is 13.5. The van der Waals surface area contributed by atoms with Crippen molar-refractivity contribution in [3.05, 3.63) is 71.3 Å². The van der Waals surface area contributed by atoms with Crippen molar-refractivity contribution in [3.63, 3.8) is 0 Å². The van der Waals surface area contributed by atoms with Crippen molar-refractivity contribution < 1.29 is 4.79 Å². The SMILES string of the molecule is Cc1ccccc1C(=O)SCCCc1ccccc1. The van der Waals surface area contributed by atoms with Gasteiger partial charge in [0.05, 0.1) is 0 Å². The molecule has 0 unspecified atom stereocenters. The molecule has 0 aliphatic rings. The minimum absolute atomic E-state index is 0.186. The first-order valence-corrected chi connectivity index (χ1v) is 7.52. The van der Waals surface area contributed by atoms with E-state index in [2.05, 4.69) is 24.3 Å². The van der Waals surface area contributed by atoms with Gasteiger partial charge in [-0.05, 0) is 30.9 Å². The first-order valence-electron chi connectivity index (χ1n) is 6.54. The number of hydrogen-bond donors (Lipinski definition) is 0. The summed E-state index contributed by atoms with van der Waals surface area (Å²) in [5, 5.41) is 0.186. The molecule has 2 aromatic carbocycles. The Morgan fingerprint density at radius 2 is 1.68 bits per heavy atom. The van der Waals surface area contributed by atoms with Gasteiger partial charge in [-0.2, -0.15) is 0 Å². The van der Waals surface area contributed by atoms with Crippen LogP contribution >= 0.6 is 11.8 Å². The maximum Gasteiger partial charge on any atom is 0.219 e. The Kier molecular flexibility index (Phi) is 5.22. The summed E-state index contributed by atoms with van der Waals surface area (Å²) in [6, 6.07) is 18.2. The first-order chi connectivity index (χ1) is 9.27. The Morgan fingerprint density at radius 1 is 1.00 bits per heavy atom. The summed E-state index contributed by atoms with van der Waals surface area (Å²) in [4.78, 5) is 12.0. The summed E-state index contributed by atoms with van der Waals surface area (Å²) in [5.74, 6) is 0.877. The first kappa shape index (κ1) is 13.9. The van der Waals surface area contributed by atoms with E-state index >= 15 is 0 Å². The third-order valence-corrected chi connectivity index (χ3v) is 4.03. The van der Waals surface area contributed by atoms with Crippen LogP contribution < -0.4 is 0 Å².